The number of halogens is 1. The van der Waals surface area contributed by atoms with E-state index in [1.54, 1.807) is 6.08 Å². The standard InChI is InChI=1S/C11H16FN3/c1-7-2-3-10(12)11(13-7)15-5-8-4-9(6-15)14-8/h3,7-9,14H,2,4-6H2,1H3. The molecule has 4 heteroatoms. The Labute approximate surface area is 89.1 Å². The number of hydrogen-bond donors (Lipinski definition) is 1. The largest absolute Gasteiger partial charge is 0.351 e. The summed E-state index contributed by atoms with van der Waals surface area (Å²) in [5.41, 5.74) is 0. The fourth-order valence-corrected chi connectivity index (χ4v) is 2.61. The minimum Gasteiger partial charge on any atom is -0.351 e. The van der Waals surface area contributed by atoms with E-state index in [1.165, 1.54) is 6.42 Å². The van der Waals surface area contributed by atoms with E-state index in [1.807, 2.05) is 6.92 Å². The molecule has 0 amide bonds. The van der Waals surface area contributed by atoms with Gasteiger partial charge in [-0.25, -0.2) is 4.39 Å². The van der Waals surface area contributed by atoms with E-state index >= 15 is 0 Å². The molecule has 4 aliphatic heterocycles. The molecule has 4 rings (SSSR count). The van der Waals surface area contributed by atoms with E-state index in [-0.39, 0.29) is 11.9 Å². The predicted molar refractivity (Wildman–Crippen MR) is 57.6 cm³/mol. The van der Waals surface area contributed by atoms with E-state index in [2.05, 4.69) is 15.2 Å². The highest BCUT2D eigenvalue weighted by Crippen LogP contribution is 2.25. The molecule has 3 nitrogen and oxygen atoms in total. The maximum Gasteiger partial charge on any atom is 0.161 e. The van der Waals surface area contributed by atoms with Crippen molar-refractivity contribution in [3.05, 3.63) is 11.9 Å². The third-order valence-corrected chi connectivity index (χ3v) is 3.42. The van der Waals surface area contributed by atoms with Gasteiger partial charge >= 0.3 is 0 Å². The van der Waals surface area contributed by atoms with E-state index in [0.29, 0.717) is 17.9 Å². The molecule has 4 aliphatic rings. The monoisotopic (exact) mass is 209 g/mol. The molecule has 3 saturated heterocycles. The Morgan fingerprint density at radius 1 is 1.47 bits per heavy atom. The Morgan fingerprint density at radius 2 is 2.13 bits per heavy atom. The smallest absolute Gasteiger partial charge is 0.161 e. The van der Waals surface area contributed by atoms with Crippen LogP contribution in [-0.4, -0.2) is 42.0 Å². The van der Waals surface area contributed by atoms with Crippen molar-refractivity contribution in [2.75, 3.05) is 13.1 Å². The number of nitrogens with zero attached hydrogens (tertiary/aromatic N) is 2. The summed E-state index contributed by atoms with van der Waals surface area (Å²) in [5.74, 6) is 0.458. The summed E-state index contributed by atoms with van der Waals surface area (Å²) in [6.45, 7) is 3.85. The van der Waals surface area contributed by atoms with Gasteiger partial charge in [-0.2, -0.15) is 0 Å². The van der Waals surface area contributed by atoms with Crippen molar-refractivity contribution >= 4 is 5.84 Å². The molecule has 0 saturated carbocycles. The summed E-state index contributed by atoms with van der Waals surface area (Å²) in [6.07, 6.45) is 3.64. The lowest BCUT2D eigenvalue weighted by Gasteiger charge is -2.49. The first-order valence-electron chi connectivity index (χ1n) is 5.67. The van der Waals surface area contributed by atoms with Gasteiger partial charge in [0.15, 0.2) is 11.7 Å². The molecular formula is C11H16FN3. The van der Waals surface area contributed by atoms with Crippen molar-refractivity contribution < 1.29 is 4.39 Å². The molecule has 0 aromatic rings. The Kier molecular flexibility index (Phi) is 2.06. The van der Waals surface area contributed by atoms with Crippen LogP contribution in [0.4, 0.5) is 4.39 Å². The molecule has 1 N–H and O–H groups in total. The van der Waals surface area contributed by atoms with Crippen molar-refractivity contribution in [3.8, 4) is 0 Å². The SMILES string of the molecule is CC1CC=C(F)C(N2CC3CC(C2)N3)=N1. The van der Waals surface area contributed by atoms with E-state index in [9.17, 15) is 4.39 Å². The number of nitrogens with one attached hydrogen (secondary N) is 1. The number of piperidine rings is 1. The molecule has 0 aromatic heterocycles. The molecule has 0 radical (unpaired) electrons. The molecule has 3 atom stereocenters. The van der Waals surface area contributed by atoms with Gasteiger partial charge in [-0.1, -0.05) is 0 Å². The van der Waals surface area contributed by atoms with Gasteiger partial charge in [0, 0.05) is 25.2 Å². The van der Waals surface area contributed by atoms with Gasteiger partial charge in [-0.15, -0.1) is 0 Å². The summed E-state index contributed by atoms with van der Waals surface area (Å²) < 4.78 is 13.6. The van der Waals surface area contributed by atoms with E-state index in [4.69, 9.17) is 0 Å². The molecule has 0 spiro atoms. The zero-order valence-corrected chi connectivity index (χ0v) is 8.91. The third-order valence-electron chi connectivity index (χ3n) is 3.42. The summed E-state index contributed by atoms with van der Waals surface area (Å²) in [6, 6.07) is 1.33. The molecule has 3 fully saturated rings. The first-order valence-corrected chi connectivity index (χ1v) is 5.67. The third kappa shape index (κ3) is 1.57. The first kappa shape index (κ1) is 9.33. The highest BCUT2D eigenvalue weighted by molar-refractivity contribution is 5.97. The molecule has 4 heterocycles. The molecule has 0 aromatic carbocycles. The van der Waals surface area contributed by atoms with Crippen LogP contribution in [0.15, 0.2) is 16.9 Å². The summed E-state index contributed by atoms with van der Waals surface area (Å²) in [4.78, 5) is 6.51. The Hall–Kier alpha value is -0.900. The van der Waals surface area contributed by atoms with Crippen molar-refractivity contribution in [3.63, 3.8) is 0 Å². The zero-order chi connectivity index (χ0) is 10.4. The van der Waals surface area contributed by atoms with Crippen LogP contribution >= 0.6 is 0 Å². The van der Waals surface area contributed by atoms with Gasteiger partial charge in [-0.3, -0.25) is 4.99 Å². The Morgan fingerprint density at radius 3 is 2.80 bits per heavy atom. The van der Waals surface area contributed by atoms with Crippen LogP contribution in [-0.2, 0) is 0 Å². The van der Waals surface area contributed by atoms with Crippen LogP contribution in [0.1, 0.15) is 19.8 Å². The molecule has 2 bridgehead atoms. The average molecular weight is 209 g/mol. The first-order chi connectivity index (χ1) is 7.22. The number of hydrogen-bond acceptors (Lipinski definition) is 3. The van der Waals surface area contributed by atoms with Gasteiger partial charge in [-0.05, 0) is 25.8 Å². The molecule has 15 heavy (non-hydrogen) atoms. The summed E-state index contributed by atoms with van der Waals surface area (Å²) >= 11 is 0. The number of aliphatic imine (C=N–C) groups is 1. The lowest BCUT2D eigenvalue weighted by atomic mass is 9.91. The second-order valence-electron chi connectivity index (χ2n) is 4.79. The molecular weight excluding hydrogens is 193 g/mol. The molecule has 82 valence electrons. The number of rotatable bonds is 0. The van der Waals surface area contributed by atoms with Crippen LogP contribution in [0.25, 0.3) is 0 Å². The maximum absolute atomic E-state index is 13.6. The van der Waals surface area contributed by atoms with Gasteiger partial charge in [0.2, 0.25) is 0 Å². The van der Waals surface area contributed by atoms with Crippen molar-refractivity contribution in [2.45, 2.75) is 37.9 Å². The number of amidine groups is 1. The lowest BCUT2D eigenvalue weighted by molar-refractivity contribution is 0.126. The van der Waals surface area contributed by atoms with Crippen LogP contribution in [0.2, 0.25) is 0 Å². The second kappa shape index (κ2) is 3.30. The summed E-state index contributed by atoms with van der Waals surface area (Å²) in [5, 5.41) is 3.44. The highest BCUT2D eigenvalue weighted by atomic mass is 19.1. The fraction of sp³-hybridized carbons (Fsp3) is 0.727. The highest BCUT2D eigenvalue weighted by Gasteiger charge is 2.38. The Bertz CT molecular complexity index is 321. The normalized spacial score (nSPS) is 39.3. The van der Waals surface area contributed by atoms with Crippen molar-refractivity contribution in [1.82, 2.24) is 10.2 Å². The van der Waals surface area contributed by atoms with Crippen molar-refractivity contribution in [2.24, 2.45) is 4.99 Å². The van der Waals surface area contributed by atoms with E-state index in [0.717, 1.165) is 19.5 Å². The van der Waals surface area contributed by atoms with E-state index < -0.39 is 0 Å². The number of dihydropyridines is 1. The minimum absolute atomic E-state index is 0.130. The maximum atomic E-state index is 13.6. The van der Waals surface area contributed by atoms with Crippen LogP contribution in [0, 0.1) is 0 Å². The molecule has 0 aliphatic carbocycles. The second-order valence-corrected chi connectivity index (χ2v) is 4.79. The predicted octanol–water partition coefficient (Wildman–Crippen LogP) is 1.08. The topological polar surface area (TPSA) is 27.6 Å². The van der Waals surface area contributed by atoms with Gasteiger partial charge < -0.3 is 10.2 Å². The van der Waals surface area contributed by atoms with Crippen LogP contribution in [0.5, 0.6) is 0 Å². The average Bonchev–Trinajstić information content (AvgIpc) is 2.21. The van der Waals surface area contributed by atoms with Gasteiger partial charge in [0.1, 0.15) is 0 Å². The van der Waals surface area contributed by atoms with Gasteiger partial charge in [0.25, 0.3) is 0 Å². The zero-order valence-electron chi connectivity index (χ0n) is 8.91. The molecule has 3 unspecified atom stereocenters. The quantitative estimate of drug-likeness (QED) is 0.646. The minimum atomic E-state index is -0.130. The van der Waals surface area contributed by atoms with Crippen molar-refractivity contribution in [1.29, 1.82) is 0 Å². The summed E-state index contributed by atoms with van der Waals surface area (Å²) in [7, 11) is 0. The van der Waals surface area contributed by atoms with Gasteiger partial charge in [0.05, 0.1) is 6.04 Å². The van der Waals surface area contributed by atoms with Crippen LogP contribution in [0.3, 0.4) is 0 Å². The number of fused-ring (bicyclic) bond motifs is 2. The van der Waals surface area contributed by atoms with Crippen LogP contribution < -0.4 is 5.32 Å². The lowest BCUT2D eigenvalue weighted by Crippen LogP contribution is -2.67. The fourth-order valence-electron chi connectivity index (χ4n) is 2.61. The number of piperazine rings is 1. The Balaban J connectivity index is 1.78.